The van der Waals surface area contributed by atoms with Crippen LogP contribution in [0.1, 0.15) is 53.9 Å². The highest BCUT2D eigenvalue weighted by atomic mass is 16.3. The molecule has 2 atom stereocenters. The third-order valence-corrected chi connectivity index (χ3v) is 4.00. The number of hydrogen-bond donors (Lipinski definition) is 2. The molecule has 0 bridgehead atoms. The van der Waals surface area contributed by atoms with Crippen molar-refractivity contribution in [3.05, 3.63) is 0 Å². The summed E-state index contributed by atoms with van der Waals surface area (Å²) >= 11 is 0. The highest BCUT2D eigenvalue weighted by molar-refractivity contribution is 4.99. The van der Waals surface area contributed by atoms with E-state index in [1.54, 1.807) is 0 Å². The lowest BCUT2D eigenvalue weighted by Gasteiger charge is -2.54. The smallest absolute Gasteiger partial charge is 0.0515 e. The Balaban J connectivity index is 2.79. The monoisotopic (exact) mass is 214 g/mol. The SMILES string of the molecule is CC(O)CC1CCC(C)(C)N(N)C1(C)C. The normalized spacial score (nSPS) is 32.6. The molecule has 1 rings (SSSR count). The van der Waals surface area contributed by atoms with Crippen LogP contribution < -0.4 is 5.84 Å². The Hall–Kier alpha value is -0.120. The Morgan fingerprint density at radius 2 is 1.93 bits per heavy atom. The molecule has 0 aromatic rings. The van der Waals surface area contributed by atoms with Crippen LogP contribution in [0.2, 0.25) is 0 Å². The van der Waals surface area contributed by atoms with Gasteiger partial charge >= 0.3 is 0 Å². The Morgan fingerprint density at radius 3 is 2.40 bits per heavy atom. The van der Waals surface area contributed by atoms with Crippen molar-refractivity contribution in [3.8, 4) is 0 Å². The second-order valence-electron chi connectivity index (χ2n) is 6.16. The number of hydrazine groups is 1. The molecular formula is C12H26N2O. The van der Waals surface area contributed by atoms with Crippen LogP contribution in [0.4, 0.5) is 0 Å². The fourth-order valence-electron chi connectivity index (χ4n) is 2.80. The first kappa shape index (κ1) is 12.9. The van der Waals surface area contributed by atoms with Crippen LogP contribution in [0.25, 0.3) is 0 Å². The van der Waals surface area contributed by atoms with Crippen molar-refractivity contribution in [2.75, 3.05) is 0 Å². The fraction of sp³-hybridized carbons (Fsp3) is 1.00. The van der Waals surface area contributed by atoms with Gasteiger partial charge < -0.3 is 5.11 Å². The van der Waals surface area contributed by atoms with Gasteiger partial charge in [0.15, 0.2) is 0 Å². The van der Waals surface area contributed by atoms with Gasteiger partial charge in [-0.1, -0.05) is 0 Å². The van der Waals surface area contributed by atoms with E-state index < -0.39 is 0 Å². The number of piperidine rings is 1. The molecule has 3 N–H and O–H groups in total. The number of rotatable bonds is 2. The molecule has 1 aliphatic rings. The van der Waals surface area contributed by atoms with Crippen molar-refractivity contribution in [1.82, 2.24) is 5.01 Å². The lowest BCUT2D eigenvalue weighted by molar-refractivity contribution is -0.0771. The Kier molecular flexibility index (Phi) is 3.49. The molecule has 2 unspecified atom stereocenters. The van der Waals surface area contributed by atoms with Gasteiger partial charge in [-0.3, -0.25) is 5.84 Å². The molecule has 90 valence electrons. The van der Waals surface area contributed by atoms with Crippen LogP contribution in [0, 0.1) is 5.92 Å². The van der Waals surface area contributed by atoms with E-state index in [1.807, 2.05) is 11.9 Å². The van der Waals surface area contributed by atoms with Gasteiger partial charge in [0.25, 0.3) is 0 Å². The largest absolute Gasteiger partial charge is 0.393 e. The number of nitrogens with two attached hydrogens (primary N) is 1. The molecule has 0 spiro atoms. The van der Waals surface area contributed by atoms with Crippen molar-refractivity contribution in [3.63, 3.8) is 0 Å². The van der Waals surface area contributed by atoms with Gasteiger partial charge in [0.2, 0.25) is 0 Å². The Bertz CT molecular complexity index is 224. The summed E-state index contributed by atoms with van der Waals surface area (Å²) < 4.78 is 0. The minimum absolute atomic E-state index is 0.0290. The van der Waals surface area contributed by atoms with E-state index in [1.165, 1.54) is 0 Å². The molecule has 0 aromatic carbocycles. The van der Waals surface area contributed by atoms with Gasteiger partial charge in [-0.05, 0) is 59.8 Å². The van der Waals surface area contributed by atoms with E-state index in [-0.39, 0.29) is 17.2 Å². The van der Waals surface area contributed by atoms with Crippen LogP contribution >= 0.6 is 0 Å². The molecule has 1 aliphatic heterocycles. The molecule has 0 saturated carbocycles. The molecule has 15 heavy (non-hydrogen) atoms. The number of hydrogen-bond acceptors (Lipinski definition) is 3. The zero-order valence-electron chi connectivity index (χ0n) is 10.7. The predicted octanol–water partition coefficient (Wildman–Crippen LogP) is 1.90. The summed E-state index contributed by atoms with van der Waals surface area (Å²) in [5.41, 5.74) is 0.0391. The van der Waals surface area contributed by atoms with Gasteiger partial charge in [-0.25, -0.2) is 5.01 Å². The number of aliphatic hydroxyl groups is 1. The molecule has 1 fully saturated rings. The van der Waals surface area contributed by atoms with Gasteiger partial charge in [0.05, 0.1) is 6.10 Å². The number of nitrogens with zero attached hydrogens (tertiary/aromatic N) is 1. The third-order valence-electron chi connectivity index (χ3n) is 4.00. The van der Waals surface area contributed by atoms with Crippen LogP contribution in [0.3, 0.4) is 0 Å². The average molecular weight is 214 g/mol. The van der Waals surface area contributed by atoms with Crippen LogP contribution in [0.15, 0.2) is 0 Å². The summed E-state index contributed by atoms with van der Waals surface area (Å²) in [5.74, 6) is 6.69. The van der Waals surface area contributed by atoms with Crippen molar-refractivity contribution in [1.29, 1.82) is 0 Å². The fourth-order valence-corrected chi connectivity index (χ4v) is 2.80. The molecule has 0 aliphatic carbocycles. The molecule has 1 heterocycles. The van der Waals surface area contributed by atoms with Gasteiger partial charge in [0.1, 0.15) is 0 Å². The van der Waals surface area contributed by atoms with Crippen molar-refractivity contribution in [2.24, 2.45) is 11.8 Å². The predicted molar refractivity (Wildman–Crippen MR) is 63.2 cm³/mol. The third kappa shape index (κ3) is 2.52. The van der Waals surface area contributed by atoms with E-state index in [0.29, 0.717) is 5.92 Å². The van der Waals surface area contributed by atoms with E-state index >= 15 is 0 Å². The lowest BCUT2D eigenvalue weighted by atomic mass is 9.71. The second-order valence-corrected chi connectivity index (χ2v) is 6.16. The van der Waals surface area contributed by atoms with E-state index in [9.17, 15) is 5.11 Å². The maximum Gasteiger partial charge on any atom is 0.0515 e. The van der Waals surface area contributed by atoms with Gasteiger partial charge in [-0.15, -0.1) is 0 Å². The van der Waals surface area contributed by atoms with Crippen molar-refractivity contribution >= 4 is 0 Å². The highest BCUT2D eigenvalue weighted by Crippen LogP contribution is 2.41. The molecule has 3 nitrogen and oxygen atoms in total. The first-order chi connectivity index (χ1) is 6.68. The Labute approximate surface area is 93.6 Å². The first-order valence-corrected chi connectivity index (χ1v) is 5.91. The minimum atomic E-state index is -0.233. The Morgan fingerprint density at radius 1 is 1.40 bits per heavy atom. The minimum Gasteiger partial charge on any atom is -0.393 e. The van der Waals surface area contributed by atoms with E-state index in [2.05, 4.69) is 27.7 Å². The zero-order valence-corrected chi connectivity index (χ0v) is 10.7. The topological polar surface area (TPSA) is 49.5 Å². The molecule has 1 saturated heterocycles. The standard InChI is InChI=1S/C12H26N2O/c1-9(15)8-10-6-7-11(2,3)14(13)12(10,4)5/h9-10,15H,6-8,13H2,1-5H3. The molecular weight excluding hydrogens is 188 g/mol. The second kappa shape index (κ2) is 4.04. The lowest BCUT2D eigenvalue weighted by Crippen LogP contribution is -2.65. The van der Waals surface area contributed by atoms with E-state index in [0.717, 1.165) is 19.3 Å². The van der Waals surface area contributed by atoms with Crippen LogP contribution in [-0.4, -0.2) is 27.3 Å². The highest BCUT2D eigenvalue weighted by Gasteiger charge is 2.45. The maximum atomic E-state index is 9.49. The van der Waals surface area contributed by atoms with Gasteiger partial charge in [0, 0.05) is 11.1 Å². The van der Waals surface area contributed by atoms with E-state index in [4.69, 9.17) is 5.84 Å². The summed E-state index contributed by atoms with van der Waals surface area (Å²) in [6, 6.07) is 0. The van der Waals surface area contributed by atoms with Crippen LogP contribution in [-0.2, 0) is 0 Å². The molecule has 3 heteroatoms. The first-order valence-electron chi connectivity index (χ1n) is 5.91. The summed E-state index contributed by atoms with van der Waals surface area (Å²) in [6.07, 6.45) is 2.86. The van der Waals surface area contributed by atoms with Crippen molar-refractivity contribution in [2.45, 2.75) is 71.1 Å². The maximum absolute atomic E-state index is 9.49. The van der Waals surface area contributed by atoms with Crippen molar-refractivity contribution < 1.29 is 5.11 Å². The summed E-state index contributed by atoms with van der Waals surface area (Å²) in [5, 5.41) is 11.5. The average Bonchev–Trinajstić information content (AvgIpc) is 2.08. The summed E-state index contributed by atoms with van der Waals surface area (Å²) in [7, 11) is 0. The summed E-state index contributed by atoms with van der Waals surface area (Å²) in [4.78, 5) is 0. The molecule has 0 radical (unpaired) electrons. The van der Waals surface area contributed by atoms with Gasteiger partial charge in [-0.2, -0.15) is 0 Å². The van der Waals surface area contributed by atoms with Crippen LogP contribution in [0.5, 0.6) is 0 Å². The zero-order chi connectivity index (χ0) is 11.9. The molecule has 0 amide bonds. The summed E-state index contributed by atoms with van der Waals surface area (Å²) in [6.45, 7) is 10.6. The quantitative estimate of drug-likeness (QED) is 0.690. The number of aliphatic hydroxyl groups excluding tert-OH is 1. The molecule has 0 aromatic heterocycles.